The predicted molar refractivity (Wildman–Crippen MR) is 78.9 cm³/mol. The molecule has 3 heterocycles. The van der Waals surface area contributed by atoms with E-state index >= 15 is 0 Å². The summed E-state index contributed by atoms with van der Waals surface area (Å²) in [7, 11) is -2.93. The van der Waals surface area contributed by atoms with Crippen LogP contribution in [0.25, 0.3) is 5.65 Å². The molecule has 0 amide bonds. The summed E-state index contributed by atoms with van der Waals surface area (Å²) >= 11 is 0. The number of sulfone groups is 1. The summed E-state index contributed by atoms with van der Waals surface area (Å²) in [6.07, 6.45) is 2.30. The predicted octanol–water partition coefficient (Wildman–Crippen LogP) is -0.0375. The molecule has 0 aromatic carbocycles. The smallest absolute Gasteiger partial charge is 0.280 e. The van der Waals surface area contributed by atoms with Crippen LogP contribution in [0.3, 0.4) is 0 Å². The lowest BCUT2D eigenvalue weighted by atomic mass is 10.2. The molecule has 0 aliphatic carbocycles. The highest BCUT2D eigenvalue weighted by atomic mass is 32.2. The van der Waals surface area contributed by atoms with Crippen LogP contribution in [-0.4, -0.2) is 51.6 Å². The Morgan fingerprint density at radius 2 is 2.24 bits per heavy atom. The van der Waals surface area contributed by atoms with Gasteiger partial charge in [0.2, 0.25) is 0 Å². The van der Waals surface area contributed by atoms with Crippen molar-refractivity contribution in [1.29, 1.82) is 0 Å². The van der Waals surface area contributed by atoms with E-state index in [1.54, 1.807) is 18.3 Å². The first kappa shape index (κ1) is 14.3. The Labute approximate surface area is 122 Å². The second-order valence-electron chi connectivity index (χ2n) is 5.31. The SMILES string of the molecule is CCN(Cn1nc2ccccn2c1=O)[C@H]1CCS(=O)(=O)C1. The number of nitrogens with zero attached hydrogens (tertiary/aromatic N) is 4. The van der Waals surface area contributed by atoms with Crippen LogP contribution in [0.1, 0.15) is 13.3 Å². The van der Waals surface area contributed by atoms with Gasteiger partial charge in [0.25, 0.3) is 0 Å². The zero-order valence-electron chi connectivity index (χ0n) is 11.8. The van der Waals surface area contributed by atoms with E-state index in [1.807, 2.05) is 17.9 Å². The van der Waals surface area contributed by atoms with Crippen LogP contribution in [0.4, 0.5) is 0 Å². The molecule has 1 atom stereocenters. The summed E-state index contributed by atoms with van der Waals surface area (Å²) < 4.78 is 26.1. The summed E-state index contributed by atoms with van der Waals surface area (Å²) in [5.74, 6) is 0.400. The Morgan fingerprint density at radius 3 is 2.86 bits per heavy atom. The Morgan fingerprint density at radius 1 is 1.43 bits per heavy atom. The van der Waals surface area contributed by atoms with E-state index in [0.717, 1.165) is 0 Å². The lowest BCUT2D eigenvalue weighted by Crippen LogP contribution is -2.40. The Hall–Kier alpha value is -1.67. The fraction of sp³-hybridized carbons (Fsp3) is 0.538. The molecule has 8 heteroatoms. The lowest BCUT2D eigenvalue weighted by molar-refractivity contribution is 0.163. The average molecular weight is 310 g/mol. The zero-order chi connectivity index (χ0) is 15.0. The van der Waals surface area contributed by atoms with Crippen molar-refractivity contribution in [2.24, 2.45) is 0 Å². The standard InChI is InChI=1S/C13H18N4O3S/c1-2-15(11-6-8-21(19,20)9-11)10-17-13(18)16-7-4-3-5-12(16)14-17/h3-5,7,11H,2,6,8-10H2,1H3/t11-/m0/s1. The second-order valence-corrected chi connectivity index (χ2v) is 7.54. The average Bonchev–Trinajstić information content (AvgIpc) is 2.97. The van der Waals surface area contributed by atoms with Gasteiger partial charge in [0, 0.05) is 12.2 Å². The third-order valence-corrected chi connectivity index (χ3v) is 5.69. The molecule has 2 aromatic heterocycles. The number of hydrogen-bond donors (Lipinski definition) is 0. The topological polar surface area (TPSA) is 76.7 Å². The summed E-state index contributed by atoms with van der Waals surface area (Å²) in [5.41, 5.74) is 0.391. The van der Waals surface area contributed by atoms with Crippen molar-refractivity contribution in [2.75, 3.05) is 18.1 Å². The molecule has 1 fully saturated rings. The maximum absolute atomic E-state index is 12.2. The van der Waals surface area contributed by atoms with Crippen LogP contribution in [0.2, 0.25) is 0 Å². The molecule has 1 aliphatic heterocycles. The summed E-state index contributed by atoms with van der Waals surface area (Å²) in [5, 5.41) is 4.28. The molecule has 0 N–H and O–H groups in total. The van der Waals surface area contributed by atoms with Gasteiger partial charge in [-0.3, -0.25) is 9.30 Å². The van der Waals surface area contributed by atoms with E-state index in [4.69, 9.17) is 0 Å². The number of fused-ring (bicyclic) bond motifs is 1. The molecule has 2 aromatic rings. The minimum Gasteiger partial charge on any atom is -0.280 e. The Bertz CT molecular complexity index is 808. The highest BCUT2D eigenvalue weighted by molar-refractivity contribution is 7.91. The van der Waals surface area contributed by atoms with Crippen molar-refractivity contribution in [1.82, 2.24) is 19.1 Å². The van der Waals surface area contributed by atoms with Crippen LogP contribution < -0.4 is 5.69 Å². The summed E-state index contributed by atoms with van der Waals surface area (Å²) in [4.78, 5) is 14.2. The van der Waals surface area contributed by atoms with Crippen LogP contribution in [0, 0.1) is 0 Å². The molecule has 0 bridgehead atoms. The van der Waals surface area contributed by atoms with Crippen molar-refractivity contribution in [3.8, 4) is 0 Å². The van der Waals surface area contributed by atoms with Gasteiger partial charge in [-0.15, -0.1) is 5.10 Å². The van der Waals surface area contributed by atoms with Gasteiger partial charge in [-0.25, -0.2) is 13.2 Å². The first-order valence-corrected chi connectivity index (χ1v) is 8.81. The molecular weight excluding hydrogens is 292 g/mol. The maximum Gasteiger partial charge on any atom is 0.351 e. The lowest BCUT2D eigenvalue weighted by Gasteiger charge is -2.25. The van der Waals surface area contributed by atoms with Gasteiger partial charge in [0.05, 0.1) is 18.2 Å². The molecule has 21 heavy (non-hydrogen) atoms. The second kappa shape index (κ2) is 5.27. The quantitative estimate of drug-likeness (QED) is 0.792. The van der Waals surface area contributed by atoms with Crippen molar-refractivity contribution < 1.29 is 8.42 Å². The molecule has 1 aliphatic rings. The molecule has 0 saturated carbocycles. The van der Waals surface area contributed by atoms with Crippen LogP contribution in [0.5, 0.6) is 0 Å². The number of pyridine rings is 1. The monoisotopic (exact) mass is 310 g/mol. The summed E-state index contributed by atoms with van der Waals surface area (Å²) in [6.45, 7) is 2.96. The fourth-order valence-corrected chi connectivity index (χ4v) is 4.53. The van der Waals surface area contributed by atoms with Gasteiger partial charge < -0.3 is 0 Å². The van der Waals surface area contributed by atoms with Crippen molar-refractivity contribution in [3.63, 3.8) is 0 Å². The molecular formula is C13H18N4O3S. The van der Waals surface area contributed by atoms with Gasteiger partial charge in [0.1, 0.15) is 0 Å². The summed E-state index contributed by atoms with van der Waals surface area (Å²) in [6, 6.07) is 5.35. The van der Waals surface area contributed by atoms with Crippen molar-refractivity contribution in [2.45, 2.75) is 26.1 Å². The molecule has 0 radical (unpaired) electrons. The number of aromatic nitrogens is 3. The number of rotatable bonds is 4. The zero-order valence-corrected chi connectivity index (χ0v) is 12.7. The van der Waals surface area contributed by atoms with E-state index < -0.39 is 9.84 Å². The van der Waals surface area contributed by atoms with Gasteiger partial charge in [0.15, 0.2) is 15.5 Å². The van der Waals surface area contributed by atoms with E-state index in [2.05, 4.69) is 5.10 Å². The van der Waals surface area contributed by atoms with Crippen molar-refractivity contribution >= 4 is 15.5 Å². The fourth-order valence-electron chi connectivity index (χ4n) is 2.77. The molecule has 0 unspecified atom stereocenters. The highest BCUT2D eigenvalue weighted by Crippen LogP contribution is 2.17. The first-order chi connectivity index (χ1) is 10.00. The van der Waals surface area contributed by atoms with Gasteiger partial charge in [-0.05, 0) is 25.1 Å². The molecule has 1 saturated heterocycles. The Balaban J connectivity index is 1.86. The normalized spacial score (nSPS) is 21.3. The van der Waals surface area contributed by atoms with Crippen LogP contribution >= 0.6 is 0 Å². The van der Waals surface area contributed by atoms with Crippen LogP contribution in [-0.2, 0) is 16.5 Å². The third-order valence-electron chi connectivity index (χ3n) is 3.94. The molecule has 7 nitrogen and oxygen atoms in total. The van der Waals surface area contributed by atoms with Crippen LogP contribution in [0.15, 0.2) is 29.2 Å². The first-order valence-electron chi connectivity index (χ1n) is 6.99. The molecule has 0 spiro atoms. The maximum atomic E-state index is 12.2. The Kier molecular flexibility index (Phi) is 3.58. The van der Waals surface area contributed by atoms with Crippen molar-refractivity contribution in [3.05, 3.63) is 34.9 Å². The van der Waals surface area contributed by atoms with E-state index in [0.29, 0.717) is 25.3 Å². The van der Waals surface area contributed by atoms with E-state index in [1.165, 1.54) is 9.08 Å². The van der Waals surface area contributed by atoms with Gasteiger partial charge in [-0.1, -0.05) is 13.0 Å². The van der Waals surface area contributed by atoms with Gasteiger partial charge in [-0.2, -0.15) is 4.68 Å². The molecule has 3 rings (SSSR count). The largest absolute Gasteiger partial charge is 0.351 e. The molecule has 114 valence electrons. The van der Waals surface area contributed by atoms with Gasteiger partial charge >= 0.3 is 5.69 Å². The van der Waals surface area contributed by atoms with E-state index in [9.17, 15) is 13.2 Å². The highest BCUT2D eigenvalue weighted by Gasteiger charge is 2.32. The third kappa shape index (κ3) is 2.73. The van der Waals surface area contributed by atoms with E-state index in [-0.39, 0.29) is 23.2 Å². The minimum atomic E-state index is -2.93. The number of hydrogen-bond acceptors (Lipinski definition) is 5. The minimum absolute atomic E-state index is 0.0308.